The molecule has 4 atom stereocenters. The number of nitro groups is 1. The summed E-state index contributed by atoms with van der Waals surface area (Å²) in [6.45, 7) is 3.31. The molecule has 0 unspecified atom stereocenters. The molecule has 0 saturated heterocycles. The minimum atomic E-state index is -1.44. The molecule has 2 rings (SSSR count). The third-order valence-electron chi connectivity index (χ3n) is 3.33. The summed E-state index contributed by atoms with van der Waals surface area (Å²) >= 11 is 0. The molecule has 1 aromatic rings. The second-order valence-corrected chi connectivity index (χ2v) is 4.88. The Balaban J connectivity index is 2.19. The fraction of sp³-hybridized carbons (Fsp3) is 0.462. The van der Waals surface area contributed by atoms with E-state index in [1.54, 1.807) is 18.2 Å². The zero-order chi connectivity index (χ0) is 14.9. The topological polar surface area (TPSA) is 105 Å². The van der Waals surface area contributed by atoms with Crippen LogP contribution in [0.15, 0.2) is 29.4 Å². The predicted molar refractivity (Wildman–Crippen MR) is 70.9 cm³/mol. The zero-order valence-electron chi connectivity index (χ0n) is 11.1. The molecule has 0 aliphatic carbocycles. The number of aliphatic hydroxyl groups is 2. The number of aliphatic hydroxyl groups excluding tert-OH is 2. The van der Waals surface area contributed by atoms with E-state index in [1.165, 1.54) is 6.92 Å². The second-order valence-electron chi connectivity index (χ2n) is 4.88. The quantitative estimate of drug-likeness (QED) is 0.627. The van der Waals surface area contributed by atoms with Crippen molar-refractivity contribution in [2.75, 3.05) is 0 Å². The van der Waals surface area contributed by atoms with Crippen molar-refractivity contribution in [2.24, 2.45) is 5.16 Å². The van der Waals surface area contributed by atoms with Crippen molar-refractivity contribution in [2.45, 2.75) is 38.2 Å². The molecule has 1 aromatic carbocycles. The van der Waals surface area contributed by atoms with Gasteiger partial charge in [0.1, 0.15) is 17.9 Å². The standard InChI is InChI=1S/C13H16N2O5/c1-7-4-3-5-9(6-7)11(16)12(17)13-10(15(18)19)8(2)14-20-13/h3-6,10-13,16-17H,1-2H3/t10-,11+,12-,13-/m0/s1. The maximum Gasteiger partial charge on any atom is 0.295 e. The predicted octanol–water partition coefficient (Wildman–Crippen LogP) is 0.809. The lowest BCUT2D eigenvalue weighted by Gasteiger charge is -2.23. The first-order chi connectivity index (χ1) is 9.41. The Hall–Kier alpha value is -1.99. The van der Waals surface area contributed by atoms with E-state index in [-0.39, 0.29) is 5.71 Å². The second kappa shape index (κ2) is 5.56. The van der Waals surface area contributed by atoms with Gasteiger partial charge in [-0.15, -0.1) is 0 Å². The molecule has 0 aromatic heterocycles. The third-order valence-corrected chi connectivity index (χ3v) is 3.33. The molecule has 0 amide bonds. The van der Waals surface area contributed by atoms with E-state index < -0.39 is 29.3 Å². The van der Waals surface area contributed by atoms with Crippen molar-refractivity contribution in [3.05, 3.63) is 45.5 Å². The summed E-state index contributed by atoms with van der Waals surface area (Å²) in [4.78, 5) is 15.3. The Morgan fingerprint density at radius 3 is 2.70 bits per heavy atom. The summed E-state index contributed by atoms with van der Waals surface area (Å²) in [5.41, 5.74) is 1.57. The molecule has 1 aliphatic rings. The molecule has 0 bridgehead atoms. The van der Waals surface area contributed by atoms with E-state index in [0.717, 1.165) is 5.56 Å². The molecule has 0 saturated carbocycles. The van der Waals surface area contributed by atoms with Gasteiger partial charge in [-0.3, -0.25) is 10.1 Å². The van der Waals surface area contributed by atoms with Crippen LogP contribution in [0, 0.1) is 17.0 Å². The molecule has 20 heavy (non-hydrogen) atoms. The number of rotatable bonds is 4. The van der Waals surface area contributed by atoms with Gasteiger partial charge in [0.2, 0.25) is 6.10 Å². The number of aryl methyl sites for hydroxylation is 1. The first kappa shape index (κ1) is 14.4. The summed E-state index contributed by atoms with van der Waals surface area (Å²) in [5, 5.41) is 34.8. The van der Waals surface area contributed by atoms with E-state index in [0.29, 0.717) is 5.56 Å². The van der Waals surface area contributed by atoms with Crippen LogP contribution in [0.1, 0.15) is 24.2 Å². The third kappa shape index (κ3) is 2.63. The van der Waals surface area contributed by atoms with Gasteiger partial charge in [-0.1, -0.05) is 35.0 Å². The monoisotopic (exact) mass is 280 g/mol. The van der Waals surface area contributed by atoms with Crippen molar-refractivity contribution in [1.29, 1.82) is 0 Å². The molecular weight excluding hydrogens is 264 g/mol. The van der Waals surface area contributed by atoms with Gasteiger partial charge in [-0.2, -0.15) is 0 Å². The van der Waals surface area contributed by atoms with Gasteiger partial charge in [0, 0.05) is 4.92 Å². The molecule has 1 aliphatic heterocycles. The van der Waals surface area contributed by atoms with E-state index >= 15 is 0 Å². The summed E-state index contributed by atoms with van der Waals surface area (Å²) in [6, 6.07) is 5.69. The van der Waals surface area contributed by atoms with Gasteiger partial charge >= 0.3 is 0 Å². The number of hydrogen-bond acceptors (Lipinski definition) is 6. The van der Waals surface area contributed by atoms with E-state index in [4.69, 9.17) is 4.84 Å². The summed E-state index contributed by atoms with van der Waals surface area (Å²) in [7, 11) is 0. The maximum atomic E-state index is 11.0. The van der Waals surface area contributed by atoms with Crippen LogP contribution in [0.3, 0.4) is 0 Å². The Morgan fingerprint density at radius 2 is 2.10 bits per heavy atom. The average molecular weight is 280 g/mol. The van der Waals surface area contributed by atoms with Gasteiger partial charge in [0.05, 0.1) is 0 Å². The van der Waals surface area contributed by atoms with Gasteiger partial charge < -0.3 is 15.1 Å². The van der Waals surface area contributed by atoms with E-state index in [1.807, 2.05) is 13.0 Å². The van der Waals surface area contributed by atoms with Gasteiger partial charge in [0.25, 0.3) is 6.04 Å². The largest absolute Gasteiger partial charge is 0.386 e. The first-order valence-electron chi connectivity index (χ1n) is 6.18. The summed E-state index contributed by atoms with van der Waals surface area (Å²) in [5.74, 6) is 0. The minimum Gasteiger partial charge on any atom is -0.386 e. The summed E-state index contributed by atoms with van der Waals surface area (Å²) < 4.78 is 0. The number of hydrogen-bond donors (Lipinski definition) is 2. The highest BCUT2D eigenvalue weighted by Gasteiger charge is 2.48. The number of benzene rings is 1. The van der Waals surface area contributed by atoms with E-state index in [9.17, 15) is 20.3 Å². The Kier molecular flexibility index (Phi) is 4.01. The van der Waals surface area contributed by atoms with Gasteiger partial charge in [0.15, 0.2) is 0 Å². The van der Waals surface area contributed by atoms with Crippen molar-refractivity contribution in [3.8, 4) is 0 Å². The Bertz CT molecular complexity index is 545. The Morgan fingerprint density at radius 1 is 1.40 bits per heavy atom. The molecule has 1 heterocycles. The Labute approximate surface area is 115 Å². The lowest BCUT2D eigenvalue weighted by molar-refractivity contribution is -0.514. The first-order valence-corrected chi connectivity index (χ1v) is 6.18. The number of oxime groups is 1. The minimum absolute atomic E-state index is 0.176. The van der Waals surface area contributed by atoms with Gasteiger partial charge in [-0.25, -0.2) is 0 Å². The highest BCUT2D eigenvalue weighted by Crippen LogP contribution is 2.26. The van der Waals surface area contributed by atoms with Crippen LogP contribution in [0.5, 0.6) is 0 Å². The fourth-order valence-electron chi connectivity index (χ4n) is 2.25. The molecule has 2 N–H and O–H groups in total. The van der Waals surface area contributed by atoms with Crippen LogP contribution < -0.4 is 0 Å². The van der Waals surface area contributed by atoms with Crippen LogP contribution in [-0.4, -0.2) is 39.1 Å². The number of nitrogens with zero attached hydrogens (tertiary/aromatic N) is 2. The molecular formula is C13H16N2O5. The van der Waals surface area contributed by atoms with Gasteiger partial charge in [-0.05, 0) is 19.4 Å². The lowest BCUT2D eigenvalue weighted by Crippen LogP contribution is -2.45. The van der Waals surface area contributed by atoms with Crippen molar-refractivity contribution < 1.29 is 20.0 Å². The van der Waals surface area contributed by atoms with Crippen molar-refractivity contribution in [1.82, 2.24) is 0 Å². The summed E-state index contributed by atoms with van der Waals surface area (Å²) in [6.07, 6.45) is -3.91. The molecule has 0 spiro atoms. The smallest absolute Gasteiger partial charge is 0.295 e. The molecule has 108 valence electrons. The highest BCUT2D eigenvalue weighted by atomic mass is 16.7. The molecule has 0 fully saturated rings. The van der Waals surface area contributed by atoms with Crippen LogP contribution >= 0.6 is 0 Å². The molecule has 7 heteroatoms. The average Bonchev–Trinajstić information content (AvgIpc) is 2.79. The van der Waals surface area contributed by atoms with Crippen molar-refractivity contribution in [3.63, 3.8) is 0 Å². The van der Waals surface area contributed by atoms with E-state index in [2.05, 4.69) is 5.16 Å². The van der Waals surface area contributed by atoms with Crippen LogP contribution in [0.4, 0.5) is 0 Å². The lowest BCUT2D eigenvalue weighted by atomic mass is 9.94. The van der Waals surface area contributed by atoms with Crippen LogP contribution in [-0.2, 0) is 4.84 Å². The molecule has 7 nitrogen and oxygen atoms in total. The molecule has 0 radical (unpaired) electrons. The normalized spacial score (nSPS) is 24.7. The van der Waals surface area contributed by atoms with Crippen LogP contribution in [0.2, 0.25) is 0 Å². The fourth-order valence-corrected chi connectivity index (χ4v) is 2.25. The van der Waals surface area contributed by atoms with Crippen LogP contribution in [0.25, 0.3) is 0 Å². The zero-order valence-corrected chi connectivity index (χ0v) is 11.1. The highest BCUT2D eigenvalue weighted by molar-refractivity contribution is 5.87. The van der Waals surface area contributed by atoms with Crippen molar-refractivity contribution >= 4 is 5.71 Å². The SMILES string of the molecule is CC1=NO[C@H]([C@@H](O)[C@H](O)c2cccc(C)c2)[C@H]1[N+](=O)[O-]. The maximum absolute atomic E-state index is 11.0.